The lowest BCUT2D eigenvalue weighted by molar-refractivity contribution is -0.147. The number of benzene rings is 2. The molecule has 6 heteroatoms. The van der Waals surface area contributed by atoms with Gasteiger partial charge >= 0.3 is 5.97 Å². The molecule has 0 N–H and O–H groups in total. The van der Waals surface area contributed by atoms with E-state index in [1.54, 1.807) is 24.3 Å². The number of carbonyl (C=O) groups excluding carboxylic acids is 2. The number of hydrogen-bond donors (Lipinski definition) is 0. The molecule has 2 aromatic carbocycles. The highest BCUT2D eigenvalue weighted by Gasteiger charge is 2.18. The molecule has 1 heterocycles. The Morgan fingerprint density at radius 3 is 2.71 bits per heavy atom. The first-order valence-corrected chi connectivity index (χ1v) is 8.93. The van der Waals surface area contributed by atoms with Gasteiger partial charge in [0.2, 0.25) is 0 Å². The molecule has 0 radical (unpaired) electrons. The highest BCUT2D eigenvalue weighted by Crippen LogP contribution is 2.23. The lowest BCUT2D eigenvalue weighted by Gasteiger charge is -2.21. The average Bonchev–Trinajstić information content (AvgIpc) is 3.09. The number of carbonyl (C=O) groups is 2. The van der Waals surface area contributed by atoms with Gasteiger partial charge < -0.3 is 14.1 Å². The summed E-state index contributed by atoms with van der Waals surface area (Å²) in [7, 11) is 0. The molecule has 0 saturated carbocycles. The van der Waals surface area contributed by atoms with E-state index in [0.29, 0.717) is 11.3 Å². The SMILES string of the molecule is Cc1ccc2c(CC(=O)OCC(=O)N(CCC#N)c3ccccc3)coc2c1. The van der Waals surface area contributed by atoms with Crippen LogP contribution in [0.25, 0.3) is 11.0 Å². The molecule has 0 unspecified atom stereocenters. The molecule has 0 fully saturated rings. The molecule has 1 aromatic heterocycles. The van der Waals surface area contributed by atoms with Crippen LogP contribution < -0.4 is 4.90 Å². The van der Waals surface area contributed by atoms with Gasteiger partial charge in [0.15, 0.2) is 6.61 Å². The third kappa shape index (κ3) is 4.57. The minimum absolute atomic E-state index is 0.0207. The first-order valence-electron chi connectivity index (χ1n) is 8.93. The molecule has 142 valence electrons. The highest BCUT2D eigenvalue weighted by atomic mass is 16.5. The second-order valence-corrected chi connectivity index (χ2v) is 6.39. The third-order valence-electron chi connectivity index (χ3n) is 4.32. The first kappa shape index (κ1) is 19.2. The van der Waals surface area contributed by atoms with Gasteiger partial charge in [-0.3, -0.25) is 9.59 Å². The molecular weight excluding hydrogens is 356 g/mol. The first-order chi connectivity index (χ1) is 13.6. The fraction of sp³-hybridized carbons (Fsp3) is 0.227. The molecule has 0 bridgehead atoms. The minimum atomic E-state index is -0.509. The monoisotopic (exact) mass is 376 g/mol. The van der Waals surface area contributed by atoms with Crippen LogP contribution in [-0.4, -0.2) is 25.0 Å². The summed E-state index contributed by atoms with van der Waals surface area (Å²) < 4.78 is 10.7. The predicted octanol–water partition coefficient (Wildman–Crippen LogP) is 3.77. The summed E-state index contributed by atoms with van der Waals surface area (Å²) in [5.74, 6) is -0.882. The van der Waals surface area contributed by atoms with Crippen molar-refractivity contribution in [3.05, 3.63) is 65.9 Å². The minimum Gasteiger partial charge on any atom is -0.464 e. The summed E-state index contributed by atoms with van der Waals surface area (Å²) in [4.78, 5) is 26.2. The normalized spacial score (nSPS) is 10.4. The van der Waals surface area contributed by atoms with Crippen molar-refractivity contribution in [3.63, 3.8) is 0 Å². The van der Waals surface area contributed by atoms with Crippen molar-refractivity contribution in [2.24, 2.45) is 0 Å². The van der Waals surface area contributed by atoms with Crippen LogP contribution in [0, 0.1) is 18.3 Å². The molecule has 0 aliphatic carbocycles. The summed E-state index contributed by atoms with van der Waals surface area (Å²) >= 11 is 0. The van der Waals surface area contributed by atoms with Gasteiger partial charge in [0.05, 0.1) is 25.2 Å². The molecule has 0 aliphatic heterocycles. The van der Waals surface area contributed by atoms with Gasteiger partial charge in [-0.2, -0.15) is 5.26 Å². The van der Waals surface area contributed by atoms with Crippen LogP contribution in [0.2, 0.25) is 0 Å². The second kappa shape index (κ2) is 8.87. The zero-order valence-corrected chi connectivity index (χ0v) is 15.6. The molecule has 0 aliphatic rings. The van der Waals surface area contributed by atoms with Gasteiger partial charge in [0.25, 0.3) is 5.91 Å². The number of aryl methyl sites for hydroxylation is 1. The molecule has 28 heavy (non-hydrogen) atoms. The molecule has 1 amide bonds. The maximum Gasteiger partial charge on any atom is 0.310 e. The number of rotatable bonds is 7. The summed E-state index contributed by atoms with van der Waals surface area (Å²) in [5, 5.41) is 9.68. The van der Waals surface area contributed by atoms with E-state index >= 15 is 0 Å². The van der Waals surface area contributed by atoms with E-state index in [1.165, 1.54) is 11.2 Å². The maximum absolute atomic E-state index is 12.5. The predicted molar refractivity (Wildman–Crippen MR) is 105 cm³/mol. The molecule has 3 rings (SSSR count). The Morgan fingerprint density at radius 2 is 1.96 bits per heavy atom. The quantitative estimate of drug-likeness (QED) is 0.586. The Labute approximate surface area is 162 Å². The van der Waals surface area contributed by atoms with E-state index in [1.807, 2.05) is 37.3 Å². The average molecular weight is 376 g/mol. The number of para-hydroxylation sites is 1. The zero-order chi connectivity index (χ0) is 19.9. The van der Waals surface area contributed by atoms with Crippen LogP contribution in [0.5, 0.6) is 0 Å². The summed E-state index contributed by atoms with van der Waals surface area (Å²) in [6.45, 7) is 1.82. The van der Waals surface area contributed by atoms with E-state index in [9.17, 15) is 9.59 Å². The topological polar surface area (TPSA) is 83.5 Å². The smallest absolute Gasteiger partial charge is 0.310 e. The van der Waals surface area contributed by atoms with E-state index in [2.05, 4.69) is 0 Å². The zero-order valence-electron chi connectivity index (χ0n) is 15.6. The molecule has 0 spiro atoms. The van der Waals surface area contributed by atoms with Crippen LogP contribution >= 0.6 is 0 Å². The Bertz CT molecular complexity index is 1020. The number of anilines is 1. The van der Waals surface area contributed by atoms with Crippen molar-refractivity contribution >= 4 is 28.5 Å². The van der Waals surface area contributed by atoms with E-state index in [0.717, 1.165) is 16.5 Å². The fourth-order valence-electron chi connectivity index (χ4n) is 2.92. The van der Waals surface area contributed by atoms with Gasteiger partial charge in [-0.15, -0.1) is 0 Å². The van der Waals surface area contributed by atoms with Crippen molar-refractivity contribution in [3.8, 4) is 6.07 Å². The largest absolute Gasteiger partial charge is 0.464 e. The van der Waals surface area contributed by atoms with E-state index in [-0.39, 0.29) is 31.9 Å². The van der Waals surface area contributed by atoms with Gasteiger partial charge in [0.1, 0.15) is 5.58 Å². The van der Waals surface area contributed by atoms with E-state index in [4.69, 9.17) is 14.4 Å². The summed E-state index contributed by atoms with van der Waals surface area (Å²) in [5.41, 5.74) is 3.16. The van der Waals surface area contributed by atoms with Crippen molar-refractivity contribution in [1.29, 1.82) is 5.26 Å². The van der Waals surface area contributed by atoms with Crippen LogP contribution in [-0.2, 0) is 20.7 Å². The highest BCUT2D eigenvalue weighted by molar-refractivity contribution is 5.95. The van der Waals surface area contributed by atoms with Crippen molar-refractivity contribution < 1.29 is 18.7 Å². The third-order valence-corrected chi connectivity index (χ3v) is 4.32. The molecule has 0 saturated heterocycles. The van der Waals surface area contributed by atoms with E-state index < -0.39 is 5.97 Å². The van der Waals surface area contributed by atoms with Crippen LogP contribution in [0.4, 0.5) is 5.69 Å². The van der Waals surface area contributed by atoms with Gasteiger partial charge in [0, 0.05) is 23.2 Å². The molecule has 6 nitrogen and oxygen atoms in total. The molecule has 3 aromatic rings. The summed E-state index contributed by atoms with van der Waals surface area (Å²) in [6.07, 6.45) is 1.75. The number of nitriles is 1. The van der Waals surface area contributed by atoms with Gasteiger partial charge in [-0.25, -0.2) is 0 Å². The lowest BCUT2D eigenvalue weighted by Crippen LogP contribution is -2.35. The Balaban J connectivity index is 1.62. The summed E-state index contributed by atoms with van der Waals surface area (Å²) in [6, 6.07) is 16.8. The van der Waals surface area contributed by atoms with Crippen molar-refractivity contribution in [2.75, 3.05) is 18.1 Å². The van der Waals surface area contributed by atoms with Gasteiger partial charge in [-0.05, 0) is 30.7 Å². The number of hydrogen-bond acceptors (Lipinski definition) is 5. The van der Waals surface area contributed by atoms with Crippen molar-refractivity contribution in [1.82, 2.24) is 0 Å². The number of nitrogens with zero attached hydrogens (tertiary/aromatic N) is 2. The number of amides is 1. The second-order valence-electron chi connectivity index (χ2n) is 6.39. The van der Waals surface area contributed by atoms with Gasteiger partial charge in [-0.1, -0.05) is 30.3 Å². The number of esters is 1. The standard InChI is InChI=1S/C22H20N2O4/c1-16-8-9-19-17(14-27-20(19)12-16)13-22(26)28-15-21(25)24(11-5-10-23)18-6-3-2-4-7-18/h2-4,6-9,12,14H,5,11,13,15H2,1H3. The fourth-order valence-corrected chi connectivity index (χ4v) is 2.92. The molecule has 0 atom stereocenters. The van der Waals surface area contributed by atoms with Crippen LogP contribution in [0.15, 0.2) is 59.2 Å². The Hall–Kier alpha value is -3.59. The maximum atomic E-state index is 12.5. The Kier molecular flexibility index (Phi) is 6.07. The van der Waals surface area contributed by atoms with Crippen molar-refractivity contribution in [2.45, 2.75) is 19.8 Å². The Morgan fingerprint density at radius 1 is 1.18 bits per heavy atom. The lowest BCUT2D eigenvalue weighted by atomic mass is 10.1. The molecular formula is C22H20N2O4. The number of furan rings is 1. The van der Waals surface area contributed by atoms with Crippen LogP contribution in [0.3, 0.4) is 0 Å². The number of ether oxygens (including phenoxy) is 1. The number of fused-ring (bicyclic) bond motifs is 1. The van der Waals surface area contributed by atoms with Crippen LogP contribution in [0.1, 0.15) is 17.5 Å².